The third-order valence-electron chi connectivity index (χ3n) is 2.36. The monoisotopic (exact) mass is 250 g/mol. The number of aliphatic carboxylic acids is 1. The molecule has 1 unspecified atom stereocenters. The van der Waals surface area contributed by atoms with Crippen LogP contribution in [0.4, 0.5) is 13.2 Å². The first-order chi connectivity index (χ1) is 7.86. The number of alkyl halides is 3. The van der Waals surface area contributed by atoms with Crippen molar-refractivity contribution in [2.24, 2.45) is 0 Å². The smallest absolute Gasteiger partial charge is 0.419 e. The number of aromatic nitrogens is 2. The van der Waals surface area contributed by atoms with Crippen molar-refractivity contribution < 1.29 is 23.1 Å². The largest absolute Gasteiger partial charge is 0.480 e. The van der Waals surface area contributed by atoms with E-state index in [2.05, 4.69) is 5.10 Å². The van der Waals surface area contributed by atoms with Crippen LogP contribution in [0.3, 0.4) is 0 Å². The minimum absolute atomic E-state index is 0.269. The van der Waals surface area contributed by atoms with Crippen molar-refractivity contribution in [2.75, 3.05) is 0 Å². The number of halogens is 3. The summed E-state index contributed by atoms with van der Waals surface area (Å²) in [4.78, 5) is 10.9. The van der Waals surface area contributed by atoms with Crippen molar-refractivity contribution in [1.82, 2.24) is 9.78 Å². The normalized spacial score (nSPS) is 13.6. The number of unbranched alkanes of at least 4 members (excludes halogenated alkanes) is 1. The highest BCUT2D eigenvalue weighted by atomic mass is 19.4. The van der Waals surface area contributed by atoms with Crippen molar-refractivity contribution in [3.05, 3.63) is 18.0 Å². The average Bonchev–Trinajstić information content (AvgIpc) is 2.66. The number of hydrogen-bond acceptors (Lipinski definition) is 2. The molecule has 4 nitrogen and oxygen atoms in total. The molecule has 0 aliphatic rings. The van der Waals surface area contributed by atoms with Gasteiger partial charge in [-0.3, -0.25) is 4.68 Å². The van der Waals surface area contributed by atoms with Gasteiger partial charge in [-0.05, 0) is 6.42 Å². The minimum atomic E-state index is -4.49. The SMILES string of the molecule is CCCCC(C(=O)O)n1cc(C(F)(F)F)cn1. The van der Waals surface area contributed by atoms with Crippen LogP contribution in [-0.2, 0) is 11.0 Å². The first kappa shape index (κ1) is 13.5. The van der Waals surface area contributed by atoms with Crippen LogP contribution >= 0.6 is 0 Å². The zero-order valence-corrected chi connectivity index (χ0v) is 9.24. The van der Waals surface area contributed by atoms with E-state index >= 15 is 0 Å². The zero-order chi connectivity index (χ0) is 13.1. The molecule has 0 bridgehead atoms. The van der Waals surface area contributed by atoms with Gasteiger partial charge in [0.25, 0.3) is 0 Å². The van der Waals surface area contributed by atoms with E-state index in [0.717, 1.165) is 17.3 Å². The Kier molecular flexibility index (Phi) is 4.14. The van der Waals surface area contributed by atoms with E-state index in [-0.39, 0.29) is 6.42 Å². The van der Waals surface area contributed by atoms with Crippen molar-refractivity contribution in [3.8, 4) is 0 Å². The Morgan fingerprint density at radius 2 is 2.24 bits per heavy atom. The summed E-state index contributed by atoms with van der Waals surface area (Å²) in [5.74, 6) is -1.17. The predicted octanol–water partition coefficient (Wildman–Crippen LogP) is 2.72. The van der Waals surface area contributed by atoms with Crippen LogP contribution in [0.15, 0.2) is 12.4 Å². The Hall–Kier alpha value is -1.53. The van der Waals surface area contributed by atoms with Crippen LogP contribution in [0.1, 0.15) is 37.8 Å². The van der Waals surface area contributed by atoms with Gasteiger partial charge in [0.2, 0.25) is 0 Å². The number of hydrogen-bond donors (Lipinski definition) is 1. The third-order valence-corrected chi connectivity index (χ3v) is 2.36. The van der Waals surface area contributed by atoms with E-state index in [9.17, 15) is 18.0 Å². The fraction of sp³-hybridized carbons (Fsp3) is 0.600. The second kappa shape index (κ2) is 5.20. The molecule has 1 rings (SSSR count). The van der Waals surface area contributed by atoms with Gasteiger partial charge in [0.05, 0.1) is 11.8 Å². The van der Waals surface area contributed by atoms with Crippen molar-refractivity contribution >= 4 is 5.97 Å². The van der Waals surface area contributed by atoms with Crippen molar-refractivity contribution in [1.29, 1.82) is 0 Å². The van der Waals surface area contributed by atoms with E-state index in [4.69, 9.17) is 5.11 Å². The molecule has 7 heteroatoms. The third kappa shape index (κ3) is 3.47. The molecule has 0 amide bonds. The summed E-state index contributed by atoms with van der Waals surface area (Å²) in [6.07, 6.45) is -1.46. The fourth-order valence-electron chi connectivity index (χ4n) is 1.42. The lowest BCUT2D eigenvalue weighted by Gasteiger charge is -2.12. The first-order valence-corrected chi connectivity index (χ1v) is 5.20. The topological polar surface area (TPSA) is 55.1 Å². The molecule has 0 aliphatic carbocycles. The lowest BCUT2D eigenvalue weighted by molar-refractivity contribution is -0.142. The Bertz CT molecular complexity index is 387. The molecule has 1 heterocycles. The lowest BCUT2D eigenvalue weighted by Crippen LogP contribution is -2.19. The summed E-state index contributed by atoms with van der Waals surface area (Å²) >= 11 is 0. The molecule has 96 valence electrons. The van der Waals surface area contributed by atoms with E-state index in [1.165, 1.54) is 0 Å². The van der Waals surface area contributed by atoms with Crippen molar-refractivity contribution in [2.45, 2.75) is 38.4 Å². The molecule has 1 atom stereocenters. The van der Waals surface area contributed by atoms with Gasteiger partial charge in [-0.25, -0.2) is 4.79 Å². The van der Waals surface area contributed by atoms with Gasteiger partial charge in [-0.1, -0.05) is 19.8 Å². The van der Waals surface area contributed by atoms with Gasteiger partial charge in [0.15, 0.2) is 0 Å². The molecular formula is C10H13F3N2O2. The van der Waals surface area contributed by atoms with E-state index in [1.54, 1.807) is 0 Å². The summed E-state index contributed by atoms with van der Waals surface area (Å²) in [7, 11) is 0. The van der Waals surface area contributed by atoms with E-state index in [1.807, 2.05) is 6.92 Å². The highest BCUT2D eigenvalue weighted by molar-refractivity contribution is 5.71. The summed E-state index contributed by atoms with van der Waals surface area (Å²) in [6.45, 7) is 1.88. The Labute approximate surface area is 96.0 Å². The summed E-state index contributed by atoms with van der Waals surface area (Å²) < 4.78 is 37.8. The Morgan fingerprint density at radius 3 is 2.65 bits per heavy atom. The summed E-state index contributed by atoms with van der Waals surface area (Å²) in [6, 6.07) is -1.04. The predicted molar refractivity (Wildman–Crippen MR) is 53.4 cm³/mol. The highest BCUT2D eigenvalue weighted by Crippen LogP contribution is 2.29. The maximum Gasteiger partial charge on any atom is 0.419 e. The molecule has 0 saturated carbocycles. The molecule has 0 aromatic carbocycles. The van der Waals surface area contributed by atoms with Crippen molar-refractivity contribution in [3.63, 3.8) is 0 Å². The molecule has 0 spiro atoms. The van der Waals surface area contributed by atoms with Crippen LogP contribution in [0.25, 0.3) is 0 Å². The Balaban J connectivity index is 2.88. The molecular weight excluding hydrogens is 237 g/mol. The second-order valence-electron chi connectivity index (χ2n) is 3.70. The quantitative estimate of drug-likeness (QED) is 0.874. The average molecular weight is 250 g/mol. The first-order valence-electron chi connectivity index (χ1n) is 5.20. The molecule has 1 aromatic rings. The number of nitrogens with zero attached hydrogens (tertiary/aromatic N) is 2. The number of carbonyl (C=O) groups is 1. The van der Waals surface area contributed by atoms with Crippen LogP contribution in [0.2, 0.25) is 0 Å². The van der Waals surface area contributed by atoms with Gasteiger partial charge < -0.3 is 5.11 Å². The molecule has 0 aliphatic heterocycles. The van der Waals surface area contributed by atoms with Gasteiger partial charge in [-0.15, -0.1) is 0 Å². The molecule has 0 radical (unpaired) electrons. The van der Waals surface area contributed by atoms with Crippen LogP contribution in [-0.4, -0.2) is 20.9 Å². The van der Waals surface area contributed by atoms with Gasteiger partial charge >= 0.3 is 12.1 Å². The standard InChI is InChI=1S/C10H13F3N2O2/c1-2-3-4-8(9(16)17)15-6-7(5-14-15)10(11,12)13/h5-6,8H,2-4H2,1H3,(H,16,17). The van der Waals surface area contributed by atoms with Crippen LogP contribution < -0.4 is 0 Å². The van der Waals surface area contributed by atoms with Crippen LogP contribution in [0, 0.1) is 0 Å². The number of carboxylic acids is 1. The minimum Gasteiger partial charge on any atom is -0.480 e. The van der Waals surface area contributed by atoms with E-state index in [0.29, 0.717) is 12.6 Å². The summed E-state index contributed by atoms with van der Waals surface area (Å²) in [5.41, 5.74) is -0.930. The van der Waals surface area contributed by atoms with Gasteiger partial charge in [0, 0.05) is 6.20 Å². The zero-order valence-electron chi connectivity index (χ0n) is 9.24. The maximum atomic E-state index is 12.3. The molecule has 0 saturated heterocycles. The van der Waals surface area contributed by atoms with E-state index < -0.39 is 23.8 Å². The molecule has 1 N–H and O–H groups in total. The Morgan fingerprint density at radius 1 is 1.59 bits per heavy atom. The number of rotatable bonds is 5. The lowest BCUT2D eigenvalue weighted by atomic mass is 10.1. The molecule has 17 heavy (non-hydrogen) atoms. The highest BCUT2D eigenvalue weighted by Gasteiger charge is 2.33. The fourth-order valence-corrected chi connectivity index (χ4v) is 1.42. The molecule has 0 fully saturated rings. The van der Waals surface area contributed by atoms with Gasteiger partial charge in [-0.2, -0.15) is 18.3 Å². The summed E-state index contributed by atoms with van der Waals surface area (Å²) in [5, 5.41) is 12.4. The van der Waals surface area contributed by atoms with Crippen LogP contribution in [0.5, 0.6) is 0 Å². The number of carboxylic acid groups (broad SMARTS) is 1. The second-order valence-corrected chi connectivity index (χ2v) is 3.70. The van der Waals surface area contributed by atoms with Gasteiger partial charge in [0.1, 0.15) is 6.04 Å². The molecule has 1 aromatic heterocycles. The maximum absolute atomic E-state index is 12.3.